The van der Waals surface area contributed by atoms with Crippen LogP contribution in [0.5, 0.6) is 0 Å². The molecule has 0 aromatic heterocycles. The van der Waals surface area contributed by atoms with Crippen molar-refractivity contribution >= 4 is 7.87 Å². The zero-order valence-electron chi connectivity index (χ0n) is 6.43. The van der Waals surface area contributed by atoms with E-state index in [0.29, 0.717) is 0 Å². The summed E-state index contributed by atoms with van der Waals surface area (Å²) >= 11 is 0. The number of nitrogens with one attached hydrogen (secondary N) is 1. The first-order valence-electron chi connectivity index (χ1n) is 3.03. The maximum absolute atomic E-state index is 9.30. The third-order valence-corrected chi connectivity index (χ3v) is 2.86. The molecule has 0 saturated carbocycles. The molecule has 0 rings (SSSR count). The van der Waals surface area contributed by atoms with Gasteiger partial charge in [0.1, 0.15) is 0 Å². The van der Waals surface area contributed by atoms with Gasteiger partial charge in [0.05, 0.1) is 0 Å². The van der Waals surface area contributed by atoms with E-state index < -0.39 is 7.87 Å². The molecule has 0 amide bonds. The van der Waals surface area contributed by atoms with E-state index in [4.69, 9.17) is 4.52 Å². The summed E-state index contributed by atoms with van der Waals surface area (Å²) in [6, 6.07) is 0.284. The van der Waals surface area contributed by atoms with Gasteiger partial charge in [-0.05, 0) is 0 Å². The van der Waals surface area contributed by atoms with Crippen LogP contribution in [-0.4, -0.2) is 24.7 Å². The first-order chi connectivity index (χ1) is 3.98. The Bertz CT molecular complexity index is 85.0. The Labute approximate surface area is 57.0 Å². The normalized spacial score (nSPS) is 14.4. The van der Waals surface area contributed by atoms with Crippen LogP contribution in [0.2, 0.25) is 0 Å². The predicted octanol–water partition coefficient (Wildman–Crippen LogP) is 0.748. The Hall–Kier alpha value is 0.310. The molecule has 0 radical (unpaired) electrons. The fourth-order valence-electron chi connectivity index (χ4n) is 0.595. The van der Waals surface area contributed by atoms with Gasteiger partial charge in [0, 0.05) is 0 Å². The third-order valence-electron chi connectivity index (χ3n) is 0.954. The van der Waals surface area contributed by atoms with E-state index in [0.717, 1.165) is 0 Å². The van der Waals surface area contributed by atoms with Gasteiger partial charge in [0.15, 0.2) is 0 Å². The Balaban J connectivity index is 3.58. The van der Waals surface area contributed by atoms with Crippen LogP contribution < -0.4 is 5.09 Å². The molecular weight excluding hydrogens is 137 g/mol. The first-order valence-corrected chi connectivity index (χ1v) is 5.38. The summed E-state index contributed by atoms with van der Waals surface area (Å²) in [5.74, 6) is 0. The van der Waals surface area contributed by atoms with Gasteiger partial charge in [-0.15, -0.1) is 0 Å². The molecule has 58 valence electrons. The average Bonchev–Trinajstić information content (AvgIpc) is 1.63. The Morgan fingerprint density at radius 3 is 2.11 bits per heavy atom. The number of hydrogen-bond acceptors (Lipinski definition) is 3. The third kappa shape index (κ3) is 4.79. The van der Waals surface area contributed by atoms with E-state index in [1.54, 1.807) is 6.66 Å². The van der Waals surface area contributed by atoms with E-state index in [2.05, 4.69) is 5.09 Å². The Morgan fingerprint density at radius 2 is 2.00 bits per heavy atom. The minimum absolute atomic E-state index is 0.284. The van der Waals surface area contributed by atoms with E-state index in [1.807, 2.05) is 13.8 Å². The zero-order valence-corrected chi connectivity index (χ0v) is 7.43. The van der Waals surface area contributed by atoms with Crippen molar-refractivity contribution in [2.45, 2.75) is 19.9 Å². The van der Waals surface area contributed by atoms with Crippen molar-refractivity contribution in [2.24, 2.45) is 0 Å². The Morgan fingerprint density at radius 1 is 1.56 bits per heavy atom. The van der Waals surface area contributed by atoms with E-state index in [9.17, 15) is 4.89 Å². The second-order valence-corrected chi connectivity index (χ2v) is 5.15. The zero-order chi connectivity index (χ0) is 7.49. The van der Waals surface area contributed by atoms with Crippen molar-refractivity contribution < 1.29 is 9.42 Å². The molecule has 0 aliphatic rings. The summed E-state index contributed by atoms with van der Waals surface area (Å²) < 4.78 is 4.83. The molecule has 0 heterocycles. The van der Waals surface area contributed by atoms with Crippen molar-refractivity contribution in [3.8, 4) is 0 Å². The van der Waals surface area contributed by atoms with Crippen LogP contribution in [0.4, 0.5) is 0 Å². The van der Waals surface area contributed by atoms with Crippen LogP contribution in [-0.2, 0) is 4.52 Å². The van der Waals surface area contributed by atoms with Crippen molar-refractivity contribution in [3.05, 3.63) is 0 Å². The number of rotatable bonds is 3. The summed E-state index contributed by atoms with van der Waals surface area (Å²) in [5.41, 5.74) is 0. The molecule has 0 aliphatic heterocycles. The molecule has 0 unspecified atom stereocenters. The summed E-state index contributed by atoms with van der Waals surface area (Å²) in [6.45, 7) is 5.65. The van der Waals surface area contributed by atoms with E-state index in [-0.39, 0.29) is 6.04 Å². The molecule has 9 heavy (non-hydrogen) atoms. The molecule has 2 N–H and O–H groups in total. The van der Waals surface area contributed by atoms with Gasteiger partial charge in [-0.25, -0.2) is 0 Å². The molecular formula is C5H16NO2P. The Kier molecular flexibility index (Phi) is 3.59. The fraction of sp³-hybridized carbons (Fsp3) is 1.00. The molecule has 0 saturated heterocycles. The van der Waals surface area contributed by atoms with Crippen LogP contribution in [0.15, 0.2) is 0 Å². The number of hydrogen-bond donors (Lipinski definition) is 2. The van der Waals surface area contributed by atoms with Crippen molar-refractivity contribution in [1.82, 2.24) is 5.09 Å². The molecule has 0 fully saturated rings. The molecule has 4 heteroatoms. The van der Waals surface area contributed by atoms with Crippen molar-refractivity contribution in [1.29, 1.82) is 0 Å². The van der Waals surface area contributed by atoms with E-state index >= 15 is 0 Å². The second kappa shape index (κ2) is 3.47. The van der Waals surface area contributed by atoms with Gasteiger partial charge in [-0.2, -0.15) is 0 Å². The molecule has 3 nitrogen and oxygen atoms in total. The van der Waals surface area contributed by atoms with Gasteiger partial charge in [0.2, 0.25) is 0 Å². The molecule has 0 spiro atoms. The predicted molar refractivity (Wildman–Crippen MR) is 41.7 cm³/mol. The van der Waals surface area contributed by atoms with Gasteiger partial charge < -0.3 is 0 Å². The summed E-state index contributed by atoms with van der Waals surface area (Å²) in [4.78, 5) is 9.30. The van der Waals surface area contributed by atoms with E-state index in [1.165, 1.54) is 7.11 Å². The molecule has 0 aliphatic carbocycles. The summed E-state index contributed by atoms with van der Waals surface area (Å²) in [6.07, 6.45) is 0. The van der Waals surface area contributed by atoms with Crippen molar-refractivity contribution in [2.75, 3.05) is 13.8 Å². The van der Waals surface area contributed by atoms with Gasteiger partial charge in [-0.3, -0.25) is 0 Å². The second-order valence-electron chi connectivity index (χ2n) is 2.49. The molecule has 0 aromatic rings. The van der Waals surface area contributed by atoms with Crippen LogP contribution in [0, 0.1) is 0 Å². The van der Waals surface area contributed by atoms with Crippen LogP contribution in [0.25, 0.3) is 0 Å². The van der Waals surface area contributed by atoms with Crippen LogP contribution in [0.1, 0.15) is 13.8 Å². The summed E-state index contributed by atoms with van der Waals surface area (Å²) in [5, 5.41) is 2.94. The monoisotopic (exact) mass is 153 g/mol. The maximum atomic E-state index is 9.30. The first kappa shape index (κ1) is 9.31. The molecule has 0 aromatic carbocycles. The fourth-order valence-corrected chi connectivity index (χ4v) is 1.78. The van der Waals surface area contributed by atoms with Gasteiger partial charge in [0.25, 0.3) is 0 Å². The van der Waals surface area contributed by atoms with Crippen LogP contribution in [0.3, 0.4) is 0 Å². The topological polar surface area (TPSA) is 41.5 Å². The summed E-state index contributed by atoms with van der Waals surface area (Å²) in [7, 11) is -0.975. The molecule has 0 atom stereocenters. The van der Waals surface area contributed by atoms with Gasteiger partial charge >= 0.3 is 56.0 Å². The average molecular weight is 153 g/mol. The van der Waals surface area contributed by atoms with Crippen molar-refractivity contribution in [3.63, 3.8) is 0 Å². The standard InChI is InChI=1S/C5H16NO2P/c1-5(2)6-9(4,7)8-3/h5-7,9H,1-4H3. The molecule has 0 bridgehead atoms. The quantitative estimate of drug-likeness (QED) is 0.588. The van der Waals surface area contributed by atoms with Gasteiger partial charge in [-0.1, -0.05) is 0 Å². The minimum atomic E-state index is -2.49. The van der Waals surface area contributed by atoms with Crippen LogP contribution >= 0.6 is 7.87 Å². The SMILES string of the molecule is CO[PH](C)(O)NC(C)C.